The van der Waals surface area contributed by atoms with Gasteiger partial charge in [0.15, 0.2) is 0 Å². The molecule has 0 spiro atoms. The lowest BCUT2D eigenvalue weighted by atomic mass is 10.3. The van der Waals surface area contributed by atoms with E-state index in [-0.39, 0.29) is 0 Å². The Bertz CT molecular complexity index is 47.5. The third kappa shape index (κ3) is 3.56. The van der Waals surface area contributed by atoms with Gasteiger partial charge in [-0.25, -0.2) is 0 Å². The normalized spacial score (nSPS) is 7.33. The standard InChI is InChI=1S/C6H8/c1-3-5-6-4-2/h1,6H,2,4-5H2. The summed E-state index contributed by atoms with van der Waals surface area (Å²) < 4.78 is 0. The second-order valence-electron chi connectivity index (χ2n) is 0.986. The third-order valence-corrected chi connectivity index (χ3v) is 0.466. The summed E-state index contributed by atoms with van der Waals surface area (Å²) in [5.41, 5.74) is 0. The fraction of sp³-hybridized carbons (Fsp3) is 0.333. The average molecular weight is 80.1 g/mol. The van der Waals surface area contributed by atoms with Gasteiger partial charge >= 0.3 is 0 Å². The Morgan fingerprint density at radius 3 is 2.67 bits per heavy atom. The van der Waals surface area contributed by atoms with E-state index in [0.717, 1.165) is 12.8 Å². The molecule has 0 saturated heterocycles. The minimum Gasteiger partial charge on any atom is -0.120 e. The Hall–Kier alpha value is -0.440. The molecule has 0 heterocycles. The van der Waals surface area contributed by atoms with E-state index >= 15 is 0 Å². The topological polar surface area (TPSA) is 0 Å². The molecule has 0 aromatic rings. The predicted octanol–water partition coefficient (Wildman–Crippen LogP) is 1.44. The van der Waals surface area contributed by atoms with E-state index in [1.165, 1.54) is 0 Å². The predicted molar refractivity (Wildman–Crippen MR) is 27.7 cm³/mol. The molecule has 0 amide bonds. The number of unbranched alkanes of at least 4 members (excludes halogenated alkanes) is 2. The quantitative estimate of drug-likeness (QED) is 0.348. The zero-order valence-corrected chi connectivity index (χ0v) is 3.78. The van der Waals surface area contributed by atoms with Crippen LogP contribution in [0.5, 0.6) is 0 Å². The molecule has 0 aromatic carbocycles. The van der Waals surface area contributed by atoms with Crippen LogP contribution in [0.25, 0.3) is 0 Å². The van der Waals surface area contributed by atoms with Crippen LogP contribution in [0.15, 0.2) is 0 Å². The first kappa shape index (κ1) is 5.56. The van der Waals surface area contributed by atoms with E-state index in [2.05, 4.69) is 12.8 Å². The molecule has 0 aromatic heterocycles. The van der Waals surface area contributed by atoms with Crippen molar-refractivity contribution >= 4 is 0 Å². The molecule has 2 radical (unpaired) electrons. The lowest BCUT2D eigenvalue weighted by Crippen LogP contribution is -1.65. The minimum absolute atomic E-state index is 0.753. The van der Waals surface area contributed by atoms with Crippen LogP contribution in [0.4, 0.5) is 0 Å². The van der Waals surface area contributed by atoms with Crippen LogP contribution in [0.2, 0.25) is 0 Å². The van der Waals surface area contributed by atoms with Gasteiger partial charge in [0.1, 0.15) is 0 Å². The van der Waals surface area contributed by atoms with E-state index in [1.807, 2.05) is 6.42 Å². The highest BCUT2D eigenvalue weighted by Crippen LogP contribution is 1.86. The summed E-state index contributed by atoms with van der Waals surface area (Å²) in [5.74, 6) is 2.47. The molecule has 0 nitrogen and oxygen atoms in total. The number of hydrogen-bond acceptors (Lipinski definition) is 0. The van der Waals surface area contributed by atoms with Crippen LogP contribution in [0, 0.1) is 25.7 Å². The van der Waals surface area contributed by atoms with Gasteiger partial charge < -0.3 is 0 Å². The molecule has 6 heavy (non-hydrogen) atoms. The zero-order chi connectivity index (χ0) is 4.83. The van der Waals surface area contributed by atoms with Gasteiger partial charge in [-0.3, -0.25) is 0 Å². The van der Waals surface area contributed by atoms with Crippen LogP contribution in [0.3, 0.4) is 0 Å². The Balaban J connectivity index is 2.54. The molecule has 0 bridgehead atoms. The first-order chi connectivity index (χ1) is 2.91. The van der Waals surface area contributed by atoms with E-state index in [0.29, 0.717) is 0 Å². The summed E-state index contributed by atoms with van der Waals surface area (Å²) in [5, 5.41) is 0. The van der Waals surface area contributed by atoms with E-state index in [4.69, 9.17) is 6.42 Å². The van der Waals surface area contributed by atoms with Crippen LogP contribution in [0.1, 0.15) is 12.8 Å². The molecule has 32 valence electrons. The molecule has 0 aliphatic rings. The maximum Gasteiger partial charge on any atom is 0.0117 e. The maximum absolute atomic E-state index is 4.91. The highest BCUT2D eigenvalue weighted by Gasteiger charge is 1.72. The summed E-state index contributed by atoms with van der Waals surface area (Å²) in [6.07, 6.45) is 8.45. The van der Waals surface area contributed by atoms with E-state index in [9.17, 15) is 0 Å². The second kappa shape index (κ2) is 4.56. The third-order valence-electron chi connectivity index (χ3n) is 0.466. The summed E-state index contributed by atoms with van der Waals surface area (Å²) in [6.45, 7) is 3.57. The summed E-state index contributed by atoms with van der Waals surface area (Å²) >= 11 is 0. The average Bonchev–Trinajstić information content (AvgIpc) is 1.61. The molecular formula is C6H8. The van der Waals surface area contributed by atoms with Gasteiger partial charge in [-0.15, -0.1) is 12.3 Å². The Morgan fingerprint density at radius 1 is 1.83 bits per heavy atom. The minimum atomic E-state index is 0.753. The van der Waals surface area contributed by atoms with Gasteiger partial charge in [0.25, 0.3) is 0 Å². The molecule has 0 N–H and O–H groups in total. The molecule has 0 fully saturated rings. The Kier molecular flexibility index (Phi) is 4.23. The first-order valence-electron chi connectivity index (χ1n) is 1.96. The van der Waals surface area contributed by atoms with Crippen LogP contribution in [-0.4, -0.2) is 0 Å². The van der Waals surface area contributed by atoms with Gasteiger partial charge in [-0.2, -0.15) is 0 Å². The van der Waals surface area contributed by atoms with Crippen molar-refractivity contribution in [3.8, 4) is 12.3 Å². The lowest BCUT2D eigenvalue weighted by molar-refractivity contribution is 1.13. The SMILES string of the molecule is C#CC[CH]C[CH2]. The molecule has 0 aliphatic heterocycles. The van der Waals surface area contributed by atoms with Crippen molar-refractivity contribution in [3.63, 3.8) is 0 Å². The van der Waals surface area contributed by atoms with Gasteiger partial charge in [0.05, 0.1) is 0 Å². The van der Waals surface area contributed by atoms with Crippen molar-refractivity contribution in [2.75, 3.05) is 0 Å². The molecule has 0 unspecified atom stereocenters. The molecule has 0 heteroatoms. The molecule has 0 atom stereocenters. The van der Waals surface area contributed by atoms with Crippen molar-refractivity contribution in [2.45, 2.75) is 12.8 Å². The van der Waals surface area contributed by atoms with Crippen molar-refractivity contribution in [2.24, 2.45) is 0 Å². The van der Waals surface area contributed by atoms with E-state index in [1.54, 1.807) is 0 Å². The van der Waals surface area contributed by atoms with Crippen LogP contribution >= 0.6 is 0 Å². The molecule has 0 saturated carbocycles. The smallest absolute Gasteiger partial charge is 0.0117 e. The fourth-order valence-electron chi connectivity index (χ4n) is 0.185. The zero-order valence-electron chi connectivity index (χ0n) is 3.78. The summed E-state index contributed by atoms with van der Waals surface area (Å²) in [4.78, 5) is 0. The number of terminal acetylenes is 1. The largest absolute Gasteiger partial charge is 0.120 e. The van der Waals surface area contributed by atoms with Crippen LogP contribution < -0.4 is 0 Å². The first-order valence-corrected chi connectivity index (χ1v) is 1.96. The summed E-state index contributed by atoms with van der Waals surface area (Å²) in [6, 6.07) is 0. The Labute approximate surface area is 39.6 Å². The van der Waals surface area contributed by atoms with Crippen molar-refractivity contribution in [3.05, 3.63) is 13.3 Å². The van der Waals surface area contributed by atoms with Crippen molar-refractivity contribution in [1.29, 1.82) is 0 Å². The van der Waals surface area contributed by atoms with Gasteiger partial charge in [0, 0.05) is 6.42 Å². The molecule has 0 rings (SSSR count). The fourth-order valence-corrected chi connectivity index (χ4v) is 0.185. The van der Waals surface area contributed by atoms with Gasteiger partial charge in [-0.05, 0) is 12.8 Å². The maximum atomic E-state index is 4.91. The molecular weight excluding hydrogens is 72.1 g/mol. The number of hydrogen-bond donors (Lipinski definition) is 0. The highest BCUT2D eigenvalue weighted by molar-refractivity contribution is 4.90. The van der Waals surface area contributed by atoms with Crippen molar-refractivity contribution in [1.82, 2.24) is 0 Å². The van der Waals surface area contributed by atoms with E-state index < -0.39 is 0 Å². The Morgan fingerprint density at radius 2 is 2.50 bits per heavy atom. The van der Waals surface area contributed by atoms with Gasteiger partial charge in [0.2, 0.25) is 0 Å². The van der Waals surface area contributed by atoms with Crippen molar-refractivity contribution < 1.29 is 0 Å². The highest BCUT2D eigenvalue weighted by atomic mass is 13.8. The van der Waals surface area contributed by atoms with Gasteiger partial charge in [-0.1, -0.05) is 6.92 Å². The monoisotopic (exact) mass is 80.1 g/mol. The lowest BCUT2D eigenvalue weighted by Gasteiger charge is -1.78. The molecule has 0 aliphatic carbocycles. The van der Waals surface area contributed by atoms with Crippen LogP contribution in [-0.2, 0) is 0 Å². The second-order valence-corrected chi connectivity index (χ2v) is 0.986. The number of rotatable bonds is 2. The summed E-state index contributed by atoms with van der Waals surface area (Å²) in [7, 11) is 0.